The van der Waals surface area contributed by atoms with Crippen molar-refractivity contribution >= 4 is 11.8 Å². The predicted octanol–water partition coefficient (Wildman–Crippen LogP) is 1.76. The topological polar surface area (TPSA) is 75.6 Å². The van der Waals surface area contributed by atoms with Gasteiger partial charge in [-0.25, -0.2) is 22.4 Å². The number of halogens is 4. The van der Waals surface area contributed by atoms with E-state index in [1.165, 1.54) is 6.92 Å². The molecule has 0 heterocycles. The van der Waals surface area contributed by atoms with Gasteiger partial charge in [-0.05, 0) is 13.8 Å². The standard InChI is InChI=1S/C15H15F4NO4/c1-3-24-15(23)8(6-20-4-5-21)14(22)9-7(2)10(16)12(18)13(19)11(9)17/h6,20-21H,3-5H2,1-2H3. The Bertz CT molecular complexity index is 660. The van der Waals surface area contributed by atoms with Gasteiger partial charge in [-0.3, -0.25) is 4.79 Å². The maximum Gasteiger partial charge on any atom is 0.343 e. The van der Waals surface area contributed by atoms with E-state index in [-0.39, 0.29) is 19.8 Å². The number of rotatable bonds is 7. The molecule has 0 radical (unpaired) electrons. The first-order chi connectivity index (χ1) is 11.3. The molecular weight excluding hydrogens is 334 g/mol. The van der Waals surface area contributed by atoms with Crippen LogP contribution in [0.1, 0.15) is 22.8 Å². The van der Waals surface area contributed by atoms with Crippen LogP contribution < -0.4 is 5.32 Å². The van der Waals surface area contributed by atoms with Crippen molar-refractivity contribution in [2.75, 3.05) is 19.8 Å². The van der Waals surface area contributed by atoms with Crippen molar-refractivity contribution in [1.29, 1.82) is 0 Å². The molecule has 0 fully saturated rings. The Morgan fingerprint density at radius 2 is 1.71 bits per heavy atom. The lowest BCUT2D eigenvalue weighted by Crippen LogP contribution is -2.23. The minimum atomic E-state index is -2.16. The van der Waals surface area contributed by atoms with Crippen LogP contribution in [0, 0.1) is 30.2 Å². The SMILES string of the molecule is CCOC(=O)C(=CNCCO)C(=O)c1c(C)c(F)c(F)c(F)c1F. The molecule has 0 amide bonds. The van der Waals surface area contributed by atoms with Crippen LogP contribution in [0.5, 0.6) is 0 Å². The van der Waals surface area contributed by atoms with E-state index < -0.39 is 51.7 Å². The average molecular weight is 349 g/mol. The van der Waals surface area contributed by atoms with Crippen molar-refractivity contribution in [2.24, 2.45) is 0 Å². The molecule has 1 rings (SSSR count). The van der Waals surface area contributed by atoms with Crippen LogP contribution in [0.3, 0.4) is 0 Å². The van der Waals surface area contributed by atoms with Gasteiger partial charge in [0.15, 0.2) is 23.3 Å². The summed E-state index contributed by atoms with van der Waals surface area (Å²) in [4.78, 5) is 24.2. The first kappa shape index (κ1) is 19.6. The molecule has 24 heavy (non-hydrogen) atoms. The molecule has 0 aliphatic rings. The fourth-order valence-electron chi connectivity index (χ4n) is 1.81. The molecule has 2 N–H and O–H groups in total. The van der Waals surface area contributed by atoms with Crippen LogP contribution in [-0.2, 0) is 9.53 Å². The number of nitrogens with one attached hydrogen (secondary N) is 1. The molecule has 1 aromatic rings. The van der Waals surface area contributed by atoms with E-state index in [0.717, 1.165) is 13.1 Å². The molecule has 5 nitrogen and oxygen atoms in total. The summed E-state index contributed by atoms with van der Waals surface area (Å²) in [5.74, 6) is -10.4. The van der Waals surface area contributed by atoms with Gasteiger partial charge in [0.2, 0.25) is 5.78 Å². The third-order valence-corrected chi connectivity index (χ3v) is 2.97. The number of aliphatic hydroxyl groups is 1. The van der Waals surface area contributed by atoms with Crippen LogP contribution in [0.2, 0.25) is 0 Å². The quantitative estimate of drug-likeness (QED) is 0.0903. The van der Waals surface area contributed by atoms with Crippen molar-refractivity contribution in [3.8, 4) is 0 Å². The van der Waals surface area contributed by atoms with Crippen LogP contribution in [-0.4, -0.2) is 36.6 Å². The molecule has 0 saturated carbocycles. The molecule has 0 spiro atoms. The lowest BCUT2D eigenvalue weighted by Gasteiger charge is -2.12. The second kappa shape index (κ2) is 8.44. The summed E-state index contributed by atoms with van der Waals surface area (Å²) in [5.41, 5.74) is -2.65. The highest BCUT2D eigenvalue weighted by Crippen LogP contribution is 2.26. The van der Waals surface area contributed by atoms with E-state index in [0.29, 0.717) is 0 Å². The Balaban J connectivity index is 3.44. The zero-order chi connectivity index (χ0) is 18.4. The monoisotopic (exact) mass is 349 g/mol. The molecule has 0 aliphatic heterocycles. The number of ether oxygens (including phenoxy) is 1. The molecule has 0 atom stereocenters. The summed E-state index contributed by atoms with van der Waals surface area (Å²) in [5, 5.41) is 11.1. The lowest BCUT2D eigenvalue weighted by molar-refractivity contribution is -0.138. The minimum Gasteiger partial charge on any atom is -0.462 e. The normalized spacial score (nSPS) is 11.4. The van der Waals surface area contributed by atoms with Gasteiger partial charge in [-0.2, -0.15) is 0 Å². The van der Waals surface area contributed by atoms with E-state index in [4.69, 9.17) is 5.11 Å². The fraction of sp³-hybridized carbons (Fsp3) is 0.333. The second-order valence-corrected chi connectivity index (χ2v) is 4.54. The number of carbonyl (C=O) groups excluding carboxylic acids is 2. The Kier molecular flexibility index (Phi) is 6.90. The fourth-order valence-corrected chi connectivity index (χ4v) is 1.81. The molecule has 0 aliphatic carbocycles. The summed E-state index contributed by atoms with van der Waals surface area (Å²) in [6, 6.07) is 0. The summed E-state index contributed by atoms with van der Waals surface area (Å²) in [6.07, 6.45) is 0.828. The van der Waals surface area contributed by atoms with Gasteiger partial charge in [0.25, 0.3) is 0 Å². The second-order valence-electron chi connectivity index (χ2n) is 4.54. The Morgan fingerprint density at radius 1 is 1.12 bits per heavy atom. The van der Waals surface area contributed by atoms with E-state index in [1.807, 2.05) is 0 Å². The number of benzene rings is 1. The molecule has 0 aromatic heterocycles. The maximum absolute atomic E-state index is 13.9. The van der Waals surface area contributed by atoms with Crippen LogP contribution >= 0.6 is 0 Å². The summed E-state index contributed by atoms with van der Waals surface area (Å²) >= 11 is 0. The number of ketones is 1. The third kappa shape index (κ3) is 3.91. The zero-order valence-electron chi connectivity index (χ0n) is 12.9. The van der Waals surface area contributed by atoms with Crippen LogP contribution in [0.15, 0.2) is 11.8 Å². The molecule has 0 unspecified atom stereocenters. The van der Waals surface area contributed by atoms with Crippen LogP contribution in [0.4, 0.5) is 17.6 Å². The third-order valence-electron chi connectivity index (χ3n) is 2.97. The highest BCUT2D eigenvalue weighted by molar-refractivity contribution is 6.24. The van der Waals surface area contributed by atoms with Gasteiger partial charge < -0.3 is 15.2 Å². The summed E-state index contributed by atoms with van der Waals surface area (Å²) in [7, 11) is 0. The molecule has 9 heteroatoms. The zero-order valence-corrected chi connectivity index (χ0v) is 12.9. The molecule has 0 saturated heterocycles. The van der Waals surface area contributed by atoms with E-state index >= 15 is 0 Å². The largest absolute Gasteiger partial charge is 0.462 e. The number of esters is 1. The van der Waals surface area contributed by atoms with Gasteiger partial charge >= 0.3 is 5.97 Å². The highest BCUT2D eigenvalue weighted by atomic mass is 19.2. The molecular formula is C15H15F4NO4. The first-order valence-electron chi connectivity index (χ1n) is 6.86. The Morgan fingerprint density at radius 3 is 2.25 bits per heavy atom. The van der Waals surface area contributed by atoms with Gasteiger partial charge in [0.05, 0.1) is 18.8 Å². The Hall–Kier alpha value is -2.42. The van der Waals surface area contributed by atoms with Crippen molar-refractivity contribution < 1.29 is 37.0 Å². The number of carbonyl (C=O) groups is 2. The predicted molar refractivity (Wildman–Crippen MR) is 75.1 cm³/mol. The van der Waals surface area contributed by atoms with E-state index in [2.05, 4.69) is 10.1 Å². The number of Topliss-reactive ketones (excluding diaryl/α,β-unsaturated/α-hetero) is 1. The number of hydrogen-bond donors (Lipinski definition) is 2. The maximum atomic E-state index is 13.9. The summed E-state index contributed by atoms with van der Waals surface area (Å²) in [6.45, 7) is 1.82. The van der Waals surface area contributed by atoms with Crippen molar-refractivity contribution in [2.45, 2.75) is 13.8 Å². The van der Waals surface area contributed by atoms with Gasteiger partial charge in [-0.1, -0.05) is 0 Å². The summed E-state index contributed by atoms with van der Waals surface area (Å²) < 4.78 is 58.7. The molecule has 132 valence electrons. The minimum absolute atomic E-state index is 0.0518. The van der Waals surface area contributed by atoms with Crippen LogP contribution in [0.25, 0.3) is 0 Å². The van der Waals surface area contributed by atoms with Crippen molar-refractivity contribution in [1.82, 2.24) is 5.32 Å². The van der Waals surface area contributed by atoms with E-state index in [9.17, 15) is 27.2 Å². The smallest absolute Gasteiger partial charge is 0.343 e. The lowest BCUT2D eigenvalue weighted by atomic mass is 9.97. The highest BCUT2D eigenvalue weighted by Gasteiger charge is 2.31. The average Bonchev–Trinajstić information content (AvgIpc) is 2.55. The van der Waals surface area contributed by atoms with Gasteiger partial charge in [0, 0.05) is 18.3 Å². The Labute approximate surface area is 134 Å². The van der Waals surface area contributed by atoms with E-state index in [1.54, 1.807) is 0 Å². The first-order valence-corrected chi connectivity index (χ1v) is 6.86. The van der Waals surface area contributed by atoms with Gasteiger partial charge in [-0.15, -0.1) is 0 Å². The number of aliphatic hydroxyl groups excluding tert-OH is 1. The molecule has 0 bridgehead atoms. The molecule has 1 aromatic carbocycles. The van der Waals surface area contributed by atoms with Gasteiger partial charge in [0.1, 0.15) is 5.57 Å². The van der Waals surface area contributed by atoms with Crippen molar-refractivity contribution in [3.63, 3.8) is 0 Å². The number of hydrogen-bond acceptors (Lipinski definition) is 5. The van der Waals surface area contributed by atoms with Crippen molar-refractivity contribution in [3.05, 3.63) is 46.2 Å².